The third-order valence-electron chi connectivity index (χ3n) is 5.89. The fraction of sp³-hybridized carbons (Fsp3) is 0.429. The van der Waals surface area contributed by atoms with Crippen molar-refractivity contribution in [2.75, 3.05) is 39.4 Å². The van der Waals surface area contributed by atoms with Crippen LogP contribution in [0.3, 0.4) is 0 Å². The van der Waals surface area contributed by atoms with Gasteiger partial charge in [0.15, 0.2) is 5.65 Å². The predicted molar refractivity (Wildman–Crippen MR) is 114 cm³/mol. The smallest absolute Gasteiger partial charge is 0.282 e. The van der Waals surface area contributed by atoms with Crippen LogP contribution in [0, 0.1) is 0 Å². The van der Waals surface area contributed by atoms with Crippen LogP contribution in [0.5, 0.6) is 0 Å². The number of benzene rings is 1. The normalized spacial score (nSPS) is 20.0. The first kappa shape index (κ1) is 19.6. The van der Waals surface area contributed by atoms with Gasteiger partial charge in [0.1, 0.15) is 11.3 Å². The molecule has 8 nitrogen and oxygen atoms in total. The Morgan fingerprint density at radius 1 is 0.900 bits per heavy atom. The molecule has 0 amide bonds. The van der Waals surface area contributed by atoms with Crippen molar-refractivity contribution in [3.8, 4) is 11.4 Å². The Hall–Kier alpha value is -2.33. The van der Waals surface area contributed by atoms with Crippen molar-refractivity contribution in [3.63, 3.8) is 0 Å². The largest absolute Gasteiger partial charge is 0.379 e. The lowest BCUT2D eigenvalue weighted by molar-refractivity contribution is 0.0694. The molecule has 2 aliphatic rings. The van der Waals surface area contributed by atoms with E-state index in [2.05, 4.69) is 21.7 Å². The summed E-state index contributed by atoms with van der Waals surface area (Å²) in [5, 5.41) is 0. The molecule has 2 aliphatic heterocycles. The predicted octanol–water partition coefficient (Wildman–Crippen LogP) is 2.31. The highest BCUT2D eigenvalue weighted by Crippen LogP contribution is 2.33. The molecule has 4 heterocycles. The van der Waals surface area contributed by atoms with Crippen molar-refractivity contribution in [1.29, 1.82) is 0 Å². The van der Waals surface area contributed by atoms with Gasteiger partial charge in [0.25, 0.3) is 10.2 Å². The molecular formula is C21H25N5O3S. The molecule has 0 N–H and O–H groups in total. The first-order valence-corrected chi connectivity index (χ1v) is 11.8. The maximum atomic E-state index is 13.0. The van der Waals surface area contributed by atoms with Crippen molar-refractivity contribution in [2.45, 2.75) is 18.9 Å². The van der Waals surface area contributed by atoms with Crippen LogP contribution in [0.2, 0.25) is 0 Å². The zero-order chi connectivity index (χ0) is 20.6. The molecule has 1 aromatic carbocycles. The number of ether oxygens (including phenoxy) is 1. The molecule has 0 aliphatic carbocycles. The van der Waals surface area contributed by atoms with Gasteiger partial charge in [0, 0.05) is 44.0 Å². The molecule has 2 saturated heterocycles. The molecule has 3 aromatic rings. The molecule has 9 heteroatoms. The highest BCUT2D eigenvalue weighted by atomic mass is 32.2. The first-order valence-electron chi connectivity index (χ1n) is 10.4. The lowest BCUT2D eigenvalue weighted by atomic mass is 10.1. The van der Waals surface area contributed by atoms with Crippen molar-refractivity contribution in [3.05, 3.63) is 48.7 Å². The summed E-state index contributed by atoms with van der Waals surface area (Å²) in [4.78, 5) is 9.44. The molecular weight excluding hydrogens is 402 g/mol. The average molecular weight is 428 g/mol. The van der Waals surface area contributed by atoms with E-state index in [-0.39, 0.29) is 6.04 Å². The van der Waals surface area contributed by atoms with E-state index in [1.807, 2.05) is 30.3 Å². The summed E-state index contributed by atoms with van der Waals surface area (Å²) in [7, 11) is -3.44. The van der Waals surface area contributed by atoms with Crippen molar-refractivity contribution in [2.24, 2.45) is 0 Å². The number of aromatic nitrogens is 3. The standard InChI is InChI=1S/C21H25N5O3S/c27-30(28,25-13-15-29-16-14-25)24-11-8-18(9-12-24)26-20(17-5-2-1-3-6-17)23-19-7-4-10-22-21(19)26/h1-7,10,18H,8-9,11-16H2. The van der Waals surface area contributed by atoms with E-state index in [1.54, 1.807) is 14.8 Å². The number of hydrogen-bond donors (Lipinski definition) is 0. The second kappa shape index (κ2) is 8.07. The minimum absolute atomic E-state index is 0.149. The minimum Gasteiger partial charge on any atom is -0.379 e. The maximum absolute atomic E-state index is 13.0. The summed E-state index contributed by atoms with van der Waals surface area (Å²) in [6, 6.07) is 14.1. The van der Waals surface area contributed by atoms with Crippen molar-refractivity contribution >= 4 is 21.4 Å². The third kappa shape index (κ3) is 3.51. The van der Waals surface area contributed by atoms with Gasteiger partial charge in [-0.05, 0) is 25.0 Å². The Morgan fingerprint density at radius 2 is 1.60 bits per heavy atom. The minimum atomic E-state index is -3.44. The summed E-state index contributed by atoms with van der Waals surface area (Å²) in [6.45, 7) is 2.76. The molecule has 0 unspecified atom stereocenters. The number of piperidine rings is 1. The van der Waals surface area contributed by atoms with Gasteiger partial charge in [-0.25, -0.2) is 9.97 Å². The first-order chi connectivity index (χ1) is 14.6. The van der Waals surface area contributed by atoms with Gasteiger partial charge < -0.3 is 9.30 Å². The van der Waals surface area contributed by atoms with Crippen molar-refractivity contribution < 1.29 is 13.2 Å². The van der Waals surface area contributed by atoms with Gasteiger partial charge in [-0.1, -0.05) is 30.3 Å². The Labute approximate surface area is 176 Å². The van der Waals surface area contributed by atoms with E-state index < -0.39 is 10.2 Å². The molecule has 30 heavy (non-hydrogen) atoms. The summed E-state index contributed by atoms with van der Waals surface area (Å²) >= 11 is 0. The monoisotopic (exact) mass is 427 g/mol. The summed E-state index contributed by atoms with van der Waals surface area (Å²) in [5.41, 5.74) is 2.75. The number of hydrogen-bond acceptors (Lipinski definition) is 5. The highest BCUT2D eigenvalue weighted by Gasteiger charge is 2.35. The Morgan fingerprint density at radius 3 is 2.33 bits per heavy atom. The molecule has 0 bridgehead atoms. The highest BCUT2D eigenvalue weighted by molar-refractivity contribution is 7.86. The zero-order valence-electron chi connectivity index (χ0n) is 16.7. The van der Waals surface area contributed by atoms with Crippen LogP contribution in [0.4, 0.5) is 0 Å². The molecule has 158 valence electrons. The van der Waals surface area contributed by atoms with Crippen LogP contribution >= 0.6 is 0 Å². The van der Waals surface area contributed by atoms with E-state index in [1.165, 1.54) is 0 Å². The van der Waals surface area contributed by atoms with Gasteiger partial charge in [-0.3, -0.25) is 0 Å². The fourth-order valence-corrected chi connectivity index (χ4v) is 5.95. The number of rotatable bonds is 4. The SMILES string of the molecule is O=S(=O)(N1CCOCC1)N1CCC(n2c(-c3ccccc3)nc3cccnc32)CC1. The van der Waals surface area contributed by atoms with Crippen LogP contribution in [-0.2, 0) is 14.9 Å². The van der Waals surface area contributed by atoms with Crippen LogP contribution in [0.15, 0.2) is 48.7 Å². The quantitative estimate of drug-likeness (QED) is 0.638. The van der Waals surface area contributed by atoms with Gasteiger partial charge in [0.05, 0.1) is 13.2 Å². The van der Waals surface area contributed by atoms with Gasteiger partial charge in [-0.2, -0.15) is 17.0 Å². The topological polar surface area (TPSA) is 80.6 Å². The lowest BCUT2D eigenvalue weighted by Gasteiger charge is -2.36. The van der Waals surface area contributed by atoms with Crippen LogP contribution in [-0.4, -0.2) is 71.0 Å². The van der Waals surface area contributed by atoms with Crippen molar-refractivity contribution in [1.82, 2.24) is 23.1 Å². The summed E-state index contributed by atoms with van der Waals surface area (Å²) < 4.78 is 36.7. The summed E-state index contributed by atoms with van der Waals surface area (Å²) in [6.07, 6.45) is 3.24. The Kier molecular flexibility index (Phi) is 5.28. The molecule has 5 rings (SSSR count). The number of nitrogens with zero attached hydrogens (tertiary/aromatic N) is 5. The molecule has 0 radical (unpaired) electrons. The van der Waals surface area contributed by atoms with Gasteiger partial charge in [0.2, 0.25) is 0 Å². The number of imidazole rings is 1. The third-order valence-corrected chi connectivity index (χ3v) is 7.93. The van der Waals surface area contributed by atoms with E-state index in [0.29, 0.717) is 39.4 Å². The van der Waals surface area contributed by atoms with E-state index in [0.717, 1.165) is 35.4 Å². The fourth-order valence-electron chi connectivity index (χ4n) is 4.34. The van der Waals surface area contributed by atoms with Gasteiger partial charge in [-0.15, -0.1) is 0 Å². The Balaban J connectivity index is 1.42. The Bertz CT molecular complexity index is 1120. The second-order valence-electron chi connectivity index (χ2n) is 7.67. The second-order valence-corrected chi connectivity index (χ2v) is 9.60. The van der Waals surface area contributed by atoms with Gasteiger partial charge >= 0.3 is 0 Å². The number of fused-ring (bicyclic) bond motifs is 1. The number of morpholine rings is 1. The van der Waals surface area contributed by atoms with E-state index in [4.69, 9.17) is 9.72 Å². The molecule has 0 atom stereocenters. The zero-order valence-corrected chi connectivity index (χ0v) is 17.5. The molecule has 0 spiro atoms. The average Bonchev–Trinajstić information content (AvgIpc) is 3.20. The molecule has 2 aromatic heterocycles. The lowest BCUT2D eigenvalue weighted by Crippen LogP contribution is -2.50. The molecule has 0 saturated carbocycles. The maximum Gasteiger partial charge on any atom is 0.282 e. The molecule has 2 fully saturated rings. The van der Waals surface area contributed by atoms with Crippen LogP contribution < -0.4 is 0 Å². The van der Waals surface area contributed by atoms with E-state index >= 15 is 0 Å². The summed E-state index contributed by atoms with van der Waals surface area (Å²) in [5.74, 6) is 0.888. The van der Waals surface area contributed by atoms with E-state index in [9.17, 15) is 8.42 Å². The van der Waals surface area contributed by atoms with Crippen LogP contribution in [0.1, 0.15) is 18.9 Å². The van der Waals surface area contributed by atoms with Crippen LogP contribution in [0.25, 0.3) is 22.6 Å². The number of pyridine rings is 1.